The van der Waals surface area contributed by atoms with E-state index in [2.05, 4.69) is 57.4 Å². The zero-order chi connectivity index (χ0) is 62.1. The molecule has 19 heteroatoms. The lowest BCUT2D eigenvalue weighted by molar-refractivity contribution is -0.296. The molecule has 500 valence electrons. The maximum absolute atomic E-state index is 14.0. The van der Waals surface area contributed by atoms with E-state index in [9.17, 15) is 38.4 Å². The Morgan fingerprint density at radius 1 is 0.482 bits per heavy atom. The monoisotopic (exact) mass is 1250 g/mol. The number of unbranched alkanes of at least 4 members (excludes halogenated alkanes) is 30. The van der Waals surface area contributed by atoms with Gasteiger partial charge < -0.3 is 53.7 Å². The molecule has 2 heterocycles. The fraction of sp³-hybridized carbons (Fsp3) is 0.924. The summed E-state index contributed by atoms with van der Waals surface area (Å²) in [5.74, 6) is -0.839. The van der Waals surface area contributed by atoms with Crippen molar-refractivity contribution in [2.24, 2.45) is 5.92 Å². The normalized spacial score (nSPS) is 23.7. The number of aliphatic hydroxyl groups is 1. The number of carbonyl (C=O) groups is 3. The summed E-state index contributed by atoms with van der Waals surface area (Å²) in [6, 6.07) is -2.34. The molecule has 2 fully saturated rings. The van der Waals surface area contributed by atoms with E-state index in [1.54, 1.807) is 0 Å². The second kappa shape index (κ2) is 53.1. The van der Waals surface area contributed by atoms with Gasteiger partial charge in [0.25, 0.3) is 0 Å². The molecule has 5 N–H and O–H groups in total. The number of nitrogens with one attached hydrogen (secondary N) is 2. The van der Waals surface area contributed by atoms with Crippen LogP contribution in [-0.4, -0.2) is 114 Å². The van der Waals surface area contributed by atoms with Gasteiger partial charge in [0.2, 0.25) is 11.8 Å². The summed E-state index contributed by atoms with van der Waals surface area (Å²) in [6.45, 7) is 12.9. The highest BCUT2D eigenvalue weighted by Gasteiger charge is 2.51. The summed E-state index contributed by atoms with van der Waals surface area (Å²) in [7, 11) is -7.23. The average Bonchev–Trinajstić information content (AvgIpc) is 1.94. The fourth-order valence-corrected chi connectivity index (χ4v) is 12.6. The van der Waals surface area contributed by atoms with Crippen molar-refractivity contribution >= 4 is 34.1 Å². The van der Waals surface area contributed by atoms with Gasteiger partial charge in [-0.1, -0.05) is 240 Å². The van der Waals surface area contributed by atoms with Crippen LogP contribution in [-0.2, 0) is 56.2 Å². The molecule has 0 aromatic carbocycles. The minimum absolute atomic E-state index is 0.191. The molecular formula is C66H126N2O15P2. The van der Waals surface area contributed by atoms with Crippen LogP contribution >= 0.6 is 16.5 Å². The Morgan fingerprint density at radius 3 is 1.47 bits per heavy atom. The number of carbonyl (C=O) groups excluding carboxylic acids is 3. The minimum atomic E-state index is -3.71. The molecule has 0 radical (unpaired) electrons. The summed E-state index contributed by atoms with van der Waals surface area (Å²) in [5, 5.41) is 18.1. The maximum Gasteiger partial charge on any atom is 0.318 e. The first-order valence-corrected chi connectivity index (χ1v) is 37.2. The molecule has 85 heavy (non-hydrogen) atoms. The Bertz CT molecular complexity index is 1730. The number of ketones is 1. The predicted octanol–water partition coefficient (Wildman–Crippen LogP) is 15.6. The van der Waals surface area contributed by atoms with Crippen LogP contribution in [0.15, 0.2) is 12.2 Å². The highest BCUT2D eigenvalue weighted by molar-refractivity contribution is 7.32. The van der Waals surface area contributed by atoms with Crippen LogP contribution in [0.1, 0.15) is 305 Å². The van der Waals surface area contributed by atoms with Gasteiger partial charge in [0, 0.05) is 26.1 Å². The Morgan fingerprint density at radius 2 is 0.929 bits per heavy atom. The van der Waals surface area contributed by atoms with Crippen LogP contribution < -0.4 is 10.6 Å². The number of aliphatic hydroxyl groups excluding tert-OH is 1. The Kier molecular flexibility index (Phi) is 49.7. The Labute approximate surface area is 517 Å². The fourth-order valence-electron chi connectivity index (χ4n) is 11.6. The van der Waals surface area contributed by atoms with E-state index >= 15 is 0 Å². The summed E-state index contributed by atoms with van der Waals surface area (Å²) in [6.07, 6.45) is 35.5. The lowest BCUT2D eigenvalue weighted by atomic mass is 9.94. The van der Waals surface area contributed by atoms with E-state index in [-0.39, 0.29) is 37.7 Å². The van der Waals surface area contributed by atoms with Crippen LogP contribution in [0.3, 0.4) is 0 Å². The van der Waals surface area contributed by atoms with Crippen molar-refractivity contribution in [3.63, 3.8) is 0 Å². The van der Waals surface area contributed by atoms with Gasteiger partial charge in [-0.2, -0.15) is 0 Å². The Hall–Kier alpha value is -1.59. The van der Waals surface area contributed by atoms with Crippen LogP contribution in [0, 0.1) is 5.92 Å². The third kappa shape index (κ3) is 38.7. The van der Waals surface area contributed by atoms with Crippen molar-refractivity contribution in [2.75, 3.05) is 19.8 Å². The first-order chi connectivity index (χ1) is 41.3. The van der Waals surface area contributed by atoms with Crippen LogP contribution in [0.25, 0.3) is 0 Å². The summed E-state index contributed by atoms with van der Waals surface area (Å²) in [4.78, 5) is 61.3. The minimum Gasteiger partial charge on any atom is -0.388 e. The van der Waals surface area contributed by atoms with Crippen molar-refractivity contribution < 1.29 is 71.1 Å². The van der Waals surface area contributed by atoms with E-state index < -0.39 is 96.7 Å². The predicted molar refractivity (Wildman–Crippen MR) is 342 cm³/mol. The molecule has 2 aliphatic heterocycles. The van der Waals surface area contributed by atoms with Gasteiger partial charge in [0.05, 0.1) is 19.1 Å². The molecular weight excluding hydrogens is 1120 g/mol. The molecule has 0 aliphatic carbocycles. The van der Waals surface area contributed by atoms with E-state index in [1.165, 1.54) is 103 Å². The van der Waals surface area contributed by atoms with Crippen LogP contribution in [0.4, 0.5) is 0 Å². The Balaban J connectivity index is 2.34. The van der Waals surface area contributed by atoms with Crippen LogP contribution in [0.5, 0.6) is 0 Å². The van der Waals surface area contributed by atoms with Gasteiger partial charge in [-0.05, 0) is 63.7 Å². The standard InChI is InChI=1S/C66H126N2O15P2/c1-7-12-16-20-23-26-27-28-29-30-31-33-35-39-43-47-57(70)67-60-64(78-50-48-53(6)45-41-37-19-15-10-4)62(82-84(73)74)55(11-5)80-65(60)79-52-56-61(72)63(77-49-44-40-36-25-22-18-14-9-3)59(66(81-56)83-85(75)76)68-58(71)51-54(69)46-42-38-34-32-24-21-17-13-8-2/h26-27,53,55-56,59-66,72,84-85H,7-25,28-52H2,1-6H3,(H,67,70)(H,68,71)(H,73,74)(H,75,76)/b27-26-/t53-,55-,56-,59-,60-,61-,62-,63-,64-,65-,66-/m1/s1. The number of Topliss-reactive ketones (excluding diaryl/α,β-unsaturated/α-hetero) is 1. The number of allylic oxidation sites excluding steroid dienone is 2. The topological polar surface area (TPSA) is 235 Å². The number of hydrogen-bond donors (Lipinski definition) is 5. The smallest absolute Gasteiger partial charge is 0.318 e. The molecule has 0 aromatic rings. The number of rotatable bonds is 57. The molecule has 0 saturated carbocycles. The summed E-state index contributed by atoms with van der Waals surface area (Å²) in [5.41, 5.74) is 0. The molecule has 2 unspecified atom stereocenters. The molecule has 17 nitrogen and oxygen atoms in total. The van der Waals surface area contributed by atoms with Crippen LogP contribution in [0.2, 0.25) is 0 Å². The largest absolute Gasteiger partial charge is 0.388 e. The van der Waals surface area contributed by atoms with E-state index in [0.29, 0.717) is 38.0 Å². The average molecular weight is 1250 g/mol. The van der Waals surface area contributed by atoms with Gasteiger partial charge in [-0.15, -0.1) is 0 Å². The van der Waals surface area contributed by atoms with E-state index in [1.807, 2.05) is 6.92 Å². The van der Waals surface area contributed by atoms with Crippen molar-refractivity contribution in [1.82, 2.24) is 10.6 Å². The van der Waals surface area contributed by atoms with Gasteiger partial charge in [-0.3, -0.25) is 28.0 Å². The molecule has 2 amide bonds. The number of amides is 2. The SMILES string of the molecule is CCCCCC/C=C\CCCCCCCCCC(=O)N[C@H]1[C@H](OC[C@H]2O[C@H](O[PH](=O)O)[C@H](NC(=O)CC(=O)CCCCCCCCCCC)[C@@H](OCCCCCCCCCC)[C@@H]2O)O[C@H](CC)[C@@H](O[PH](=O)O)[C@@H]1OCC[C@H](C)CCCCCCC. The molecule has 0 spiro atoms. The second-order valence-corrected chi connectivity index (χ2v) is 26.1. The molecule has 0 aromatic heterocycles. The highest BCUT2D eigenvalue weighted by Crippen LogP contribution is 2.36. The zero-order valence-corrected chi connectivity index (χ0v) is 56.4. The number of ether oxygens (including phenoxy) is 5. The van der Waals surface area contributed by atoms with Gasteiger partial charge in [-0.25, -0.2) is 0 Å². The molecule has 13 atom stereocenters. The van der Waals surface area contributed by atoms with Crippen molar-refractivity contribution in [3.05, 3.63) is 12.2 Å². The van der Waals surface area contributed by atoms with Gasteiger partial charge in [0.15, 0.2) is 12.6 Å². The van der Waals surface area contributed by atoms with Gasteiger partial charge >= 0.3 is 16.5 Å². The quantitative estimate of drug-likeness (QED) is 0.0165. The lowest BCUT2D eigenvalue weighted by Crippen LogP contribution is -2.67. The number of hydrogen-bond acceptors (Lipinski definition) is 13. The first kappa shape index (κ1) is 79.5. The third-order valence-electron chi connectivity index (χ3n) is 16.9. The van der Waals surface area contributed by atoms with E-state index in [0.717, 1.165) is 109 Å². The van der Waals surface area contributed by atoms with Gasteiger partial charge in [0.1, 0.15) is 48.4 Å². The highest BCUT2D eigenvalue weighted by atomic mass is 31.1. The molecule has 2 saturated heterocycles. The molecule has 0 bridgehead atoms. The third-order valence-corrected chi connectivity index (χ3v) is 17.8. The summed E-state index contributed by atoms with van der Waals surface area (Å²) >= 11 is 0. The first-order valence-electron chi connectivity index (χ1n) is 34.7. The maximum atomic E-state index is 14.0. The van der Waals surface area contributed by atoms with Crippen molar-refractivity contribution in [1.29, 1.82) is 0 Å². The zero-order valence-electron chi connectivity index (χ0n) is 54.4. The van der Waals surface area contributed by atoms with E-state index in [4.69, 9.17) is 32.7 Å². The van der Waals surface area contributed by atoms with Crippen molar-refractivity contribution in [3.8, 4) is 0 Å². The summed E-state index contributed by atoms with van der Waals surface area (Å²) < 4.78 is 68.6. The molecule has 2 aliphatic rings. The second-order valence-electron chi connectivity index (χ2n) is 24.6. The molecule has 2 rings (SSSR count). The lowest BCUT2D eigenvalue weighted by Gasteiger charge is -2.47. The van der Waals surface area contributed by atoms with Crippen molar-refractivity contribution in [2.45, 2.75) is 366 Å².